The third-order valence-electron chi connectivity index (χ3n) is 2.13. The van der Waals surface area contributed by atoms with Gasteiger partial charge in [0.15, 0.2) is 0 Å². The van der Waals surface area contributed by atoms with Gasteiger partial charge in [0.1, 0.15) is 0 Å². The van der Waals surface area contributed by atoms with Gasteiger partial charge in [0.25, 0.3) is 0 Å². The Morgan fingerprint density at radius 1 is 1.07 bits per heavy atom. The third kappa shape index (κ3) is 7.21. The quantitative estimate of drug-likeness (QED) is 0.477. The molecule has 0 aromatic rings. The number of rotatable bonds is 9. The average molecular weight is 332 g/mol. The van der Waals surface area contributed by atoms with Gasteiger partial charge >= 0.3 is 0 Å². The van der Waals surface area contributed by atoms with Gasteiger partial charge in [-0.1, -0.05) is 38.8 Å². The lowest BCUT2D eigenvalue weighted by atomic mass is 9.93. The van der Waals surface area contributed by atoms with Crippen LogP contribution < -0.4 is 0 Å². The first-order chi connectivity index (χ1) is 6.68. The van der Waals surface area contributed by atoms with Crippen LogP contribution in [-0.4, -0.2) is 37.6 Å². The molecule has 0 heterocycles. The highest BCUT2D eigenvalue weighted by Crippen LogP contribution is 2.26. The Hall–Kier alpha value is 0.880. The van der Waals surface area contributed by atoms with E-state index in [0.717, 1.165) is 43.3 Å². The van der Waals surface area contributed by atoms with Crippen molar-refractivity contribution in [3.05, 3.63) is 0 Å². The van der Waals surface area contributed by atoms with Crippen molar-refractivity contribution in [3.8, 4) is 0 Å². The second-order valence-corrected chi connectivity index (χ2v) is 4.91. The molecule has 0 aliphatic heterocycles. The van der Waals surface area contributed by atoms with Gasteiger partial charge in [0.05, 0.1) is 0 Å². The van der Waals surface area contributed by atoms with Crippen molar-refractivity contribution in [2.24, 2.45) is 5.41 Å². The van der Waals surface area contributed by atoms with Gasteiger partial charge < -0.3 is 9.47 Å². The highest BCUT2D eigenvalue weighted by Gasteiger charge is 2.20. The number of alkyl halides is 2. The molecule has 0 aromatic heterocycles. The Bertz CT molecular complexity index is 127. The minimum absolute atomic E-state index is 0.307. The molecule has 0 N–H and O–H groups in total. The van der Waals surface area contributed by atoms with E-state index in [2.05, 4.69) is 38.8 Å². The molecule has 0 fully saturated rings. The molecule has 2 nitrogen and oxygen atoms in total. The van der Waals surface area contributed by atoms with Gasteiger partial charge in [-0.3, -0.25) is 0 Å². The van der Waals surface area contributed by atoms with Crippen molar-refractivity contribution in [1.82, 2.24) is 0 Å². The zero-order valence-corrected chi connectivity index (χ0v) is 12.2. The average Bonchev–Trinajstić information content (AvgIpc) is 2.23. The van der Waals surface area contributed by atoms with Crippen molar-refractivity contribution in [3.63, 3.8) is 0 Å². The van der Waals surface area contributed by atoms with Gasteiger partial charge in [-0.2, -0.15) is 0 Å². The fraction of sp³-hybridized carbons (Fsp3) is 1.00. The van der Waals surface area contributed by atoms with Crippen molar-refractivity contribution in [2.45, 2.75) is 19.8 Å². The molecule has 0 saturated carbocycles. The van der Waals surface area contributed by atoms with Crippen molar-refractivity contribution < 1.29 is 9.47 Å². The molecule has 4 heteroatoms. The molecule has 0 atom stereocenters. The fourth-order valence-electron chi connectivity index (χ4n) is 0.895. The van der Waals surface area contributed by atoms with E-state index in [9.17, 15) is 0 Å². The molecule has 0 aromatic carbocycles. The third-order valence-corrected chi connectivity index (χ3v) is 4.84. The van der Waals surface area contributed by atoms with Crippen LogP contribution in [0.3, 0.4) is 0 Å². The summed E-state index contributed by atoms with van der Waals surface area (Å²) >= 11 is 7.04. The standard InChI is InChI=1S/C10H20Br2O2/c1-10(8-11,9-12)4-7-14-6-3-5-13-2/h3-9H2,1-2H3. The van der Waals surface area contributed by atoms with E-state index in [1.54, 1.807) is 7.11 Å². The first-order valence-electron chi connectivity index (χ1n) is 4.87. The normalized spacial score (nSPS) is 12.0. The molecule has 0 spiro atoms. The lowest BCUT2D eigenvalue weighted by molar-refractivity contribution is 0.0877. The van der Waals surface area contributed by atoms with E-state index in [-0.39, 0.29) is 0 Å². The van der Waals surface area contributed by atoms with Crippen LogP contribution >= 0.6 is 31.9 Å². The summed E-state index contributed by atoms with van der Waals surface area (Å²) in [6, 6.07) is 0. The zero-order chi connectivity index (χ0) is 10.9. The second kappa shape index (κ2) is 9.13. The van der Waals surface area contributed by atoms with Crippen molar-refractivity contribution >= 4 is 31.9 Å². The maximum atomic E-state index is 5.51. The Labute approximate surface area is 104 Å². The van der Waals surface area contributed by atoms with Crippen LogP contribution in [0.4, 0.5) is 0 Å². The second-order valence-electron chi connectivity index (χ2n) is 3.79. The predicted octanol–water partition coefficient (Wildman–Crippen LogP) is 3.23. The molecule has 0 saturated heterocycles. The molecule has 0 bridgehead atoms. The minimum atomic E-state index is 0.307. The molecular formula is C10H20Br2O2. The van der Waals surface area contributed by atoms with Crippen LogP contribution in [0.5, 0.6) is 0 Å². The van der Waals surface area contributed by atoms with E-state index >= 15 is 0 Å². The van der Waals surface area contributed by atoms with Gasteiger partial charge in [-0.25, -0.2) is 0 Å². The largest absolute Gasteiger partial charge is 0.385 e. The number of methoxy groups -OCH3 is 1. The van der Waals surface area contributed by atoms with Crippen LogP contribution in [0.15, 0.2) is 0 Å². The highest BCUT2D eigenvalue weighted by atomic mass is 79.9. The number of hydrogen-bond acceptors (Lipinski definition) is 2. The van der Waals surface area contributed by atoms with Crippen molar-refractivity contribution in [1.29, 1.82) is 0 Å². The zero-order valence-electron chi connectivity index (χ0n) is 9.02. The summed E-state index contributed by atoms with van der Waals surface area (Å²) < 4.78 is 10.5. The van der Waals surface area contributed by atoms with Crippen LogP contribution in [-0.2, 0) is 9.47 Å². The molecule has 14 heavy (non-hydrogen) atoms. The summed E-state index contributed by atoms with van der Waals surface area (Å²) in [5.41, 5.74) is 0.307. The van der Waals surface area contributed by atoms with Gasteiger partial charge in [-0.05, 0) is 18.3 Å². The van der Waals surface area contributed by atoms with Gasteiger partial charge in [0.2, 0.25) is 0 Å². The number of hydrogen-bond donors (Lipinski definition) is 0. The number of ether oxygens (including phenoxy) is 2. The first kappa shape index (κ1) is 14.9. The molecule has 0 radical (unpaired) electrons. The Morgan fingerprint density at radius 2 is 1.71 bits per heavy atom. The van der Waals surface area contributed by atoms with E-state index in [1.165, 1.54) is 0 Å². The van der Waals surface area contributed by atoms with Crippen molar-refractivity contribution in [2.75, 3.05) is 37.6 Å². The summed E-state index contributed by atoms with van der Waals surface area (Å²) in [6.45, 7) is 4.66. The van der Waals surface area contributed by atoms with Crippen LogP contribution in [0.2, 0.25) is 0 Å². The smallest absolute Gasteiger partial charge is 0.0487 e. The molecular weight excluding hydrogens is 312 g/mol. The fourth-order valence-corrected chi connectivity index (χ4v) is 2.38. The van der Waals surface area contributed by atoms with Gasteiger partial charge in [-0.15, -0.1) is 0 Å². The van der Waals surface area contributed by atoms with Crippen LogP contribution in [0.25, 0.3) is 0 Å². The maximum Gasteiger partial charge on any atom is 0.0487 e. The molecule has 0 amide bonds. The lowest BCUT2D eigenvalue weighted by Crippen LogP contribution is -2.22. The maximum absolute atomic E-state index is 5.51. The number of halogens is 2. The summed E-state index contributed by atoms with van der Waals surface area (Å²) in [7, 11) is 1.72. The molecule has 0 rings (SSSR count). The summed E-state index contributed by atoms with van der Waals surface area (Å²) in [4.78, 5) is 0. The monoisotopic (exact) mass is 330 g/mol. The van der Waals surface area contributed by atoms with Crippen LogP contribution in [0, 0.1) is 5.41 Å². The Balaban J connectivity index is 3.34. The van der Waals surface area contributed by atoms with E-state index in [0.29, 0.717) is 5.41 Å². The predicted molar refractivity (Wildman–Crippen MR) is 67.6 cm³/mol. The lowest BCUT2D eigenvalue weighted by Gasteiger charge is -2.24. The molecule has 86 valence electrons. The molecule has 0 unspecified atom stereocenters. The SMILES string of the molecule is COCCCOCCC(C)(CBr)CBr. The molecule has 0 aliphatic rings. The van der Waals surface area contributed by atoms with E-state index in [4.69, 9.17) is 9.47 Å². The topological polar surface area (TPSA) is 18.5 Å². The first-order valence-corrected chi connectivity index (χ1v) is 7.11. The Kier molecular flexibility index (Phi) is 9.70. The summed E-state index contributed by atoms with van der Waals surface area (Å²) in [5, 5.41) is 2.01. The van der Waals surface area contributed by atoms with Gasteiger partial charge in [0, 0.05) is 37.6 Å². The van der Waals surface area contributed by atoms with E-state index < -0.39 is 0 Å². The minimum Gasteiger partial charge on any atom is -0.385 e. The van der Waals surface area contributed by atoms with Crippen LogP contribution in [0.1, 0.15) is 19.8 Å². The summed E-state index contributed by atoms with van der Waals surface area (Å²) in [5.74, 6) is 0. The molecule has 0 aliphatic carbocycles. The highest BCUT2D eigenvalue weighted by molar-refractivity contribution is 9.09. The Morgan fingerprint density at radius 3 is 2.21 bits per heavy atom. The van der Waals surface area contributed by atoms with E-state index in [1.807, 2.05) is 0 Å². The summed E-state index contributed by atoms with van der Waals surface area (Å²) in [6.07, 6.45) is 2.06.